The molecular formula is C24H24N4O5. The highest BCUT2D eigenvalue weighted by Crippen LogP contribution is 2.44. The number of anilines is 1. The van der Waals surface area contributed by atoms with Crippen LogP contribution >= 0.6 is 0 Å². The van der Waals surface area contributed by atoms with Crippen LogP contribution in [-0.2, 0) is 16.6 Å². The molecule has 1 unspecified atom stereocenters. The molecule has 33 heavy (non-hydrogen) atoms. The number of hydrogen-bond acceptors (Lipinski definition) is 5. The number of alkyl carbamates (subject to hydrolysis) is 1. The third-order valence-corrected chi connectivity index (χ3v) is 5.66. The van der Waals surface area contributed by atoms with Gasteiger partial charge in [0.2, 0.25) is 5.91 Å². The van der Waals surface area contributed by atoms with Crippen molar-refractivity contribution in [1.82, 2.24) is 15.1 Å². The number of aryl methyl sites for hydroxylation is 1. The number of hydrogen-bond donors (Lipinski definition) is 3. The van der Waals surface area contributed by atoms with Crippen LogP contribution in [0.4, 0.5) is 10.6 Å². The number of carboxylic acids is 1. The molecule has 0 fully saturated rings. The molecule has 1 aliphatic carbocycles. The van der Waals surface area contributed by atoms with Gasteiger partial charge >= 0.3 is 12.1 Å². The van der Waals surface area contributed by atoms with Crippen molar-refractivity contribution in [3.63, 3.8) is 0 Å². The van der Waals surface area contributed by atoms with E-state index >= 15 is 0 Å². The molecule has 0 radical (unpaired) electrons. The van der Waals surface area contributed by atoms with Gasteiger partial charge in [0.1, 0.15) is 18.2 Å². The third kappa shape index (κ3) is 4.43. The fourth-order valence-corrected chi connectivity index (χ4v) is 4.08. The molecule has 9 nitrogen and oxygen atoms in total. The number of carboxylic acid groups (broad SMARTS) is 1. The summed E-state index contributed by atoms with van der Waals surface area (Å²) in [5.41, 5.74) is 4.29. The zero-order chi connectivity index (χ0) is 23.5. The van der Waals surface area contributed by atoms with E-state index in [1.807, 2.05) is 36.4 Å². The molecule has 1 atom stereocenters. The number of aromatic carboxylic acids is 1. The first kappa shape index (κ1) is 22.1. The summed E-state index contributed by atoms with van der Waals surface area (Å²) in [4.78, 5) is 36.5. The van der Waals surface area contributed by atoms with E-state index in [1.165, 1.54) is 10.9 Å². The number of nitrogens with one attached hydrogen (secondary N) is 2. The summed E-state index contributed by atoms with van der Waals surface area (Å²) in [5, 5.41) is 18.2. The standard InChI is InChI=1S/C24H24N4O5/c1-3-20(22(29)26-21-18(23(30)31)12-28(2)27-21)25-24(32)33-13-19-16-10-6-4-8-14(16)15-9-5-7-11-17(15)19/h4-12,19-20H,3,13H2,1-2H3,(H,25,32)(H,30,31)(H,26,27,29). The van der Waals surface area contributed by atoms with E-state index in [9.17, 15) is 19.5 Å². The molecule has 2 aromatic carbocycles. The topological polar surface area (TPSA) is 123 Å². The predicted molar refractivity (Wildman–Crippen MR) is 121 cm³/mol. The van der Waals surface area contributed by atoms with Crippen LogP contribution in [0.3, 0.4) is 0 Å². The summed E-state index contributed by atoms with van der Waals surface area (Å²) in [6.45, 7) is 1.85. The first-order valence-electron chi connectivity index (χ1n) is 10.6. The van der Waals surface area contributed by atoms with Gasteiger partial charge in [0, 0.05) is 19.2 Å². The van der Waals surface area contributed by atoms with E-state index in [0.717, 1.165) is 22.3 Å². The Labute approximate surface area is 190 Å². The highest BCUT2D eigenvalue weighted by Gasteiger charge is 2.30. The van der Waals surface area contributed by atoms with Gasteiger partial charge in [0.05, 0.1) is 0 Å². The Morgan fingerprint density at radius 1 is 1.09 bits per heavy atom. The van der Waals surface area contributed by atoms with Crippen molar-refractivity contribution in [3.05, 3.63) is 71.4 Å². The molecule has 9 heteroatoms. The van der Waals surface area contributed by atoms with Crippen LogP contribution in [-0.4, -0.2) is 45.5 Å². The zero-order valence-corrected chi connectivity index (χ0v) is 18.2. The van der Waals surface area contributed by atoms with Crippen molar-refractivity contribution in [2.24, 2.45) is 7.05 Å². The Bertz CT molecular complexity index is 1170. The fourth-order valence-electron chi connectivity index (χ4n) is 4.08. The summed E-state index contributed by atoms with van der Waals surface area (Å²) in [6.07, 6.45) is 0.849. The van der Waals surface area contributed by atoms with Crippen molar-refractivity contribution in [2.75, 3.05) is 11.9 Å². The van der Waals surface area contributed by atoms with Gasteiger partial charge in [-0.1, -0.05) is 55.5 Å². The van der Waals surface area contributed by atoms with E-state index < -0.39 is 24.0 Å². The average Bonchev–Trinajstić information content (AvgIpc) is 3.33. The number of fused-ring (bicyclic) bond motifs is 3. The highest BCUT2D eigenvalue weighted by atomic mass is 16.5. The maximum atomic E-state index is 12.6. The van der Waals surface area contributed by atoms with E-state index in [-0.39, 0.29) is 30.3 Å². The molecule has 4 rings (SSSR count). The molecule has 0 bridgehead atoms. The summed E-state index contributed by atoms with van der Waals surface area (Å²) in [5.74, 6) is -1.96. The van der Waals surface area contributed by atoms with Crippen LogP contribution in [0, 0.1) is 0 Å². The number of carbonyl (C=O) groups is 3. The van der Waals surface area contributed by atoms with Crippen LogP contribution in [0.25, 0.3) is 11.1 Å². The first-order valence-corrected chi connectivity index (χ1v) is 10.6. The van der Waals surface area contributed by atoms with Crippen LogP contribution in [0.2, 0.25) is 0 Å². The average molecular weight is 448 g/mol. The highest BCUT2D eigenvalue weighted by molar-refractivity contribution is 6.01. The van der Waals surface area contributed by atoms with Crippen LogP contribution in [0.5, 0.6) is 0 Å². The first-order chi connectivity index (χ1) is 15.9. The van der Waals surface area contributed by atoms with Crippen molar-refractivity contribution in [1.29, 1.82) is 0 Å². The number of benzene rings is 2. The Hall–Kier alpha value is -4.14. The van der Waals surface area contributed by atoms with Gasteiger partial charge in [-0.05, 0) is 28.7 Å². The minimum atomic E-state index is -1.21. The van der Waals surface area contributed by atoms with E-state index in [0.29, 0.717) is 0 Å². The Kier molecular flexibility index (Phi) is 6.12. The van der Waals surface area contributed by atoms with Gasteiger partial charge in [0.25, 0.3) is 0 Å². The lowest BCUT2D eigenvalue weighted by atomic mass is 9.98. The second kappa shape index (κ2) is 9.15. The number of aromatic nitrogens is 2. The lowest BCUT2D eigenvalue weighted by Crippen LogP contribution is -2.44. The van der Waals surface area contributed by atoms with E-state index in [4.69, 9.17) is 4.74 Å². The van der Waals surface area contributed by atoms with Gasteiger partial charge in [-0.2, -0.15) is 5.10 Å². The Morgan fingerprint density at radius 3 is 2.27 bits per heavy atom. The van der Waals surface area contributed by atoms with Crippen molar-refractivity contribution in [2.45, 2.75) is 25.3 Å². The predicted octanol–water partition coefficient (Wildman–Crippen LogP) is 3.37. The number of amides is 2. The van der Waals surface area contributed by atoms with Gasteiger partial charge in [-0.3, -0.25) is 9.48 Å². The maximum absolute atomic E-state index is 12.6. The summed E-state index contributed by atoms with van der Waals surface area (Å²) in [6, 6.07) is 15.1. The molecule has 170 valence electrons. The number of carbonyl (C=O) groups excluding carboxylic acids is 2. The second-order valence-corrected chi connectivity index (χ2v) is 7.79. The van der Waals surface area contributed by atoms with Crippen LogP contribution in [0.1, 0.15) is 40.7 Å². The molecule has 2 amide bonds. The van der Waals surface area contributed by atoms with Crippen molar-refractivity contribution in [3.8, 4) is 11.1 Å². The van der Waals surface area contributed by atoms with Crippen LogP contribution in [0.15, 0.2) is 54.7 Å². The minimum absolute atomic E-state index is 0.0808. The molecular weight excluding hydrogens is 424 g/mol. The zero-order valence-electron chi connectivity index (χ0n) is 18.2. The SMILES string of the molecule is CCC(NC(=O)OCC1c2ccccc2-c2ccccc21)C(=O)Nc1nn(C)cc1C(=O)O. The number of rotatable bonds is 7. The molecule has 1 aromatic heterocycles. The Morgan fingerprint density at radius 2 is 1.70 bits per heavy atom. The lowest BCUT2D eigenvalue weighted by Gasteiger charge is -2.18. The maximum Gasteiger partial charge on any atom is 0.407 e. The smallest absolute Gasteiger partial charge is 0.407 e. The van der Waals surface area contributed by atoms with Gasteiger partial charge in [0.15, 0.2) is 5.82 Å². The molecule has 0 saturated carbocycles. The number of ether oxygens (including phenoxy) is 1. The Balaban J connectivity index is 1.40. The lowest BCUT2D eigenvalue weighted by molar-refractivity contribution is -0.118. The normalized spacial score (nSPS) is 13.0. The largest absolute Gasteiger partial charge is 0.477 e. The molecule has 1 heterocycles. The van der Waals surface area contributed by atoms with Crippen molar-refractivity contribution >= 4 is 23.8 Å². The van der Waals surface area contributed by atoms with Gasteiger partial charge in [-0.25, -0.2) is 9.59 Å². The van der Waals surface area contributed by atoms with E-state index in [2.05, 4.69) is 27.9 Å². The molecule has 0 spiro atoms. The molecule has 3 N–H and O–H groups in total. The fraction of sp³-hybridized carbons (Fsp3) is 0.250. The summed E-state index contributed by atoms with van der Waals surface area (Å²) in [7, 11) is 1.55. The summed E-state index contributed by atoms with van der Waals surface area (Å²) >= 11 is 0. The monoisotopic (exact) mass is 448 g/mol. The van der Waals surface area contributed by atoms with Crippen molar-refractivity contribution < 1.29 is 24.2 Å². The molecule has 0 saturated heterocycles. The molecule has 0 aliphatic heterocycles. The second-order valence-electron chi connectivity index (χ2n) is 7.79. The molecule has 3 aromatic rings. The summed E-state index contributed by atoms with van der Waals surface area (Å²) < 4.78 is 6.79. The minimum Gasteiger partial charge on any atom is -0.477 e. The van der Waals surface area contributed by atoms with Gasteiger partial charge in [-0.15, -0.1) is 0 Å². The quantitative estimate of drug-likeness (QED) is 0.509. The van der Waals surface area contributed by atoms with Crippen LogP contribution < -0.4 is 10.6 Å². The van der Waals surface area contributed by atoms with Gasteiger partial charge < -0.3 is 20.5 Å². The number of nitrogens with zero attached hydrogens (tertiary/aromatic N) is 2. The molecule has 1 aliphatic rings. The van der Waals surface area contributed by atoms with E-state index in [1.54, 1.807) is 14.0 Å². The third-order valence-electron chi connectivity index (χ3n) is 5.66.